The summed E-state index contributed by atoms with van der Waals surface area (Å²) in [4.78, 5) is 4.34. The molecule has 0 amide bonds. The third-order valence-electron chi connectivity index (χ3n) is 2.98. The lowest BCUT2D eigenvalue weighted by molar-refractivity contribution is 0.444. The smallest absolute Gasteiger partial charge is 0.223 e. The molecular formula is C16H20N2O. The van der Waals surface area contributed by atoms with Crippen LogP contribution in [0.2, 0.25) is 0 Å². The van der Waals surface area contributed by atoms with Crippen molar-refractivity contribution >= 4 is 0 Å². The monoisotopic (exact) mass is 256 g/mol. The summed E-state index contributed by atoms with van der Waals surface area (Å²) in [5, 5.41) is 3.38. The summed E-state index contributed by atoms with van der Waals surface area (Å²) in [6.45, 7) is 7.17. The van der Waals surface area contributed by atoms with Gasteiger partial charge in [-0.15, -0.1) is 0 Å². The quantitative estimate of drug-likeness (QED) is 0.882. The number of rotatable bonds is 5. The first kappa shape index (κ1) is 13.6. The topological polar surface area (TPSA) is 34.2 Å². The summed E-state index contributed by atoms with van der Waals surface area (Å²) in [5.74, 6) is 1.49. The number of nitrogens with zero attached hydrogens (tertiary/aromatic N) is 1. The van der Waals surface area contributed by atoms with Gasteiger partial charge in [0.25, 0.3) is 0 Å². The number of nitrogens with one attached hydrogen (secondary N) is 1. The van der Waals surface area contributed by atoms with Gasteiger partial charge in [0.2, 0.25) is 5.88 Å². The van der Waals surface area contributed by atoms with E-state index in [0.717, 1.165) is 17.9 Å². The van der Waals surface area contributed by atoms with Crippen molar-refractivity contribution in [1.82, 2.24) is 10.3 Å². The molecule has 3 nitrogen and oxygen atoms in total. The number of hydrogen-bond donors (Lipinski definition) is 1. The van der Waals surface area contributed by atoms with E-state index in [0.29, 0.717) is 5.88 Å². The fourth-order valence-electron chi connectivity index (χ4n) is 2.02. The highest BCUT2D eigenvalue weighted by Gasteiger charge is 2.12. The highest BCUT2D eigenvalue weighted by molar-refractivity contribution is 5.35. The molecule has 2 aromatic rings. The maximum atomic E-state index is 5.91. The molecule has 0 bridgehead atoms. The van der Waals surface area contributed by atoms with Gasteiger partial charge in [0, 0.05) is 17.8 Å². The molecule has 1 unspecified atom stereocenters. The summed E-state index contributed by atoms with van der Waals surface area (Å²) >= 11 is 0. The Hall–Kier alpha value is -1.87. The molecule has 1 atom stereocenters. The van der Waals surface area contributed by atoms with E-state index in [2.05, 4.69) is 24.1 Å². The second-order valence-electron chi connectivity index (χ2n) is 4.60. The van der Waals surface area contributed by atoms with Crippen LogP contribution in [-0.2, 0) is 0 Å². The number of benzene rings is 1. The van der Waals surface area contributed by atoms with E-state index >= 15 is 0 Å². The molecule has 0 fully saturated rings. The van der Waals surface area contributed by atoms with Gasteiger partial charge >= 0.3 is 0 Å². The van der Waals surface area contributed by atoms with Gasteiger partial charge in [0.1, 0.15) is 5.75 Å². The average molecular weight is 256 g/mol. The molecule has 0 aliphatic carbocycles. The van der Waals surface area contributed by atoms with Crippen molar-refractivity contribution in [2.24, 2.45) is 0 Å². The van der Waals surface area contributed by atoms with Gasteiger partial charge < -0.3 is 10.1 Å². The molecular weight excluding hydrogens is 236 g/mol. The van der Waals surface area contributed by atoms with Gasteiger partial charge in [-0.25, -0.2) is 4.98 Å². The molecule has 1 aromatic carbocycles. The first-order valence-electron chi connectivity index (χ1n) is 6.63. The third-order valence-corrected chi connectivity index (χ3v) is 2.98. The van der Waals surface area contributed by atoms with Gasteiger partial charge in [-0.05, 0) is 44.2 Å². The van der Waals surface area contributed by atoms with Crippen LogP contribution in [0.15, 0.2) is 42.6 Å². The fraction of sp³-hybridized carbons (Fsp3) is 0.312. The van der Waals surface area contributed by atoms with E-state index in [1.807, 2.05) is 43.3 Å². The minimum absolute atomic E-state index is 0.221. The van der Waals surface area contributed by atoms with Crippen molar-refractivity contribution in [3.63, 3.8) is 0 Å². The molecule has 0 aliphatic heterocycles. The number of pyridine rings is 1. The Morgan fingerprint density at radius 1 is 1.26 bits per heavy atom. The normalized spacial score (nSPS) is 12.2. The molecule has 0 radical (unpaired) electrons. The van der Waals surface area contributed by atoms with Gasteiger partial charge in [0.05, 0.1) is 0 Å². The largest absolute Gasteiger partial charge is 0.439 e. The van der Waals surface area contributed by atoms with Crippen LogP contribution in [0.4, 0.5) is 0 Å². The average Bonchev–Trinajstić information content (AvgIpc) is 2.39. The fourth-order valence-corrected chi connectivity index (χ4v) is 2.02. The second kappa shape index (κ2) is 6.34. The van der Waals surface area contributed by atoms with E-state index in [-0.39, 0.29) is 6.04 Å². The minimum atomic E-state index is 0.221. The highest BCUT2D eigenvalue weighted by atomic mass is 16.5. The van der Waals surface area contributed by atoms with Crippen LogP contribution in [-0.4, -0.2) is 11.5 Å². The second-order valence-corrected chi connectivity index (χ2v) is 4.60. The molecule has 1 aromatic heterocycles. The van der Waals surface area contributed by atoms with Gasteiger partial charge in [-0.2, -0.15) is 0 Å². The van der Waals surface area contributed by atoms with Crippen molar-refractivity contribution in [3.05, 3.63) is 53.7 Å². The summed E-state index contributed by atoms with van der Waals surface area (Å²) in [6.07, 6.45) is 1.76. The Morgan fingerprint density at radius 3 is 2.84 bits per heavy atom. The van der Waals surface area contributed by atoms with Crippen molar-refractivity contribution in [2.75, 3.05) is 6.54 Å². The molecule has 0 saturated carbocycles. The molecule has 1 N–H and O–H groups in total. The van der Waals surface area contributed by atoms with Crippen LogP contribution in [0.1, 0.15) is 31.0 Å². The van der Waals surface area contributed by atoms with E-state index in [1.165, 1.54) is 5.56 Å². The standard InChI is InChI=1S/C16H20N2O/c1-4-17-13(3)15-9-6-10-18-16(15)19-14-8-5-7-12(2)11-14/h5-11,13,17H,4H2,1-3H3. The molecule has 19 heavy (non-hydrogen) atoms. The summed E-state index contributed by atoms with van der Waals surface area (Å²) in [7, 11) is 0. The highest BCUT2D eigenvalue weighted by Crippen LogP contribution is 2.27. The number of aromatic nitrogens is 1. The Morgan fingerprint density at radius 2 is 2.11 bits per heavy atom. The molecule has 0 saturated heterocycles. The van der Waals surface area contributed by atoms with Crippen LogP contribution in [0.5, 0.6) is 11.6 Å². The van der Waals surface area contributed by atoms with Crippen molar-refractivity contribution in [1.29, 1.82) is 0 Å². The Balaban J connectivity index is 2.25. The maximum Gasteiger partial charge on any atom is 0.223 e. The number of hydrogen-bond acceptors (Lipinski definition) is 3. The molecule has 2 rings (SSSR count). The van der Waals surface area contributed by atoms with Gasteiger partial charge in [-0.3, -0.25) is 0 Å². The van der Waals surface area contributed by atoms with Gasteiger partial charge in [0.15, 0.2) is 0 Å². The lowest BCUT2D eigenvalue weighted by Gasteiger charge is -2.16. The van der Waals surface area contributed by atoms with Crippen LogP contribution in [0.25, 0.3) is 0 Å². The maximum absolute atomic E-state index is 5.91. The van der Waals surface area contributed by atoms with Crippen LogP contribution in [0.3, 0.4) is 0 Å². The van der Waals surface area contributed by atoms with Crippen LogP contribution < -0.4 is 10.1 Å². The zero-order valence-electron chi connectivity index (χ0n) is 11.7. The Kier molecular flexibility index (Phi) is 4.53. The molecule has 0 spiro atoms. The lowest BCUT2D eigenvalue weighted by atomic mass is 10.1. The molecule has 3 heteroatoms. The zero-order chi connectivity index (χ0) is 13.7. The first-order chi connectivity index (χ1) is 9.20. The molecule has 1 heterocycles. The Bertz CT molecular complexity index is 540. The Labute approximate surface area is 114 Å². The van der Waals surface area contributed by atoms with E-state index < -0.39 is 0 Å². The van der Waals surface area contributed by atoms with Gasteiger partial charge in [-0.1, -0.05) is 25.1 Å². The van der Waals surface area contributed by atoms with Crippen molar-refractivity contribution < 1.29 is 4.74 Å². The van der Waals surface area contributed by atoms with Crippen molar-refractivity contribution in [2.45, 2.75) is 26.8 Å². The van der Waals surface area contributed by atoms with E-state index in [4.69, 9.17) is 4.74 Å². The SMILES string of the molecule is CCNC(C)c1cccnc1Oc1cccc(C)c1. The number of ether oxygens (including phenoxy) is 1. The van der Waals surface area contributed by atoms with E-state index in [9.17, 15) is 0 Å². The predicted octanol–water partition coefficient (Wildman–Crippen LogP) is 3.85. The summed E-state index contributed by atoms with van der Waals surface area (Å²) in [5.41, 5.74) is 2.25. The summed E-state index contributed by atoms with van der Waals surface area (Å²) < 4.78 is 5.91. The minimum Gasteiger partial charge on any atom is -0.439 e. The molecule has 0 aliphatic rings. The predicted molar refractivity (Wildman–Crippen MR) is 77.6 cm³/mol. The number of aryl methyl sites for hydroxylation is 1. The third kappa shape index (κ3) is 3.55. The molecule has 100 valence electrons. The lowest BCUT2D eigenvalue weighted by Crippen LogP contribution is -2.18. The van der Waals surface area contributed by atoms with E-state index in [1.54, 1.807) is 6.20 Å². The van der Waals surface area contributed by atoms with Crippen LogP contribution in [0, 0.1) is 6.92 Å². The van der Waals surface area contributed by atoms with Crippen LogP contribution >= 0.6 is 0 Å². The zero-order valence-corrected chi connectivity index (χ0v) is 11.7. The van der Waals surface area contributed by atoms with Crippen molar-refractivity contribution in [3.8, 4) is 11.6 Å². The first-order valence-corrected chi connectivity index (χ1v) is 6.63. The summed E-state index contributed by atoms with van der Waals surface area (Å²) in [6, 6.07) is 12.2.